The van der Waals surface area contributed by atoms with Gasteiger partial charge in [-0.05, 0) is 5.92 Å². The lowest BCUT2D eigenvalue weighted by molar-refractivity contribution is -0.144. The Morgan fingerprint density at radius 1 is 1.38 bits per heavy atom. The number of amides is 2. The van der Waals surface area contributed by atoms with E-state index in [0.29, 0.717) is 0 Å². The second-order valence-electron chi connectivity index (χ2n) is 3.80. The van der Waals surface area contributed by atoms with Gasteiger partial charge in [-0.15, -0.1) is 0 Å². The summed E-state index contributed by atoms with van der Waals surface area (Å²) in [6.45, 7) is 5.06. The van der Waals surface area contributed by atoms with E-state index in [9.17, 15) is 9.59 Å². The summed E-state index contributed by atoms with van der Waals surface area (Å²) in [6, 6.07) is 0. The van der Waals surface area contributed by atoms with Crippen molar-refractivity contribution in [3.63, 3.8) is 0 Å². The van der Waals surface area contributed by atoms with Crippen molar-refractivity contribution < 1.29 is 14.7 Å². The maximum Gasteiger partial charge on any atom is 0.235 e. The third-order valence-corrected chi connectivity index (χ3v) is 2.61. The summed E-state index contributed by atoms with van der Waals surface area (Å²) in [7, 11) is 0. The molecular formula is C9H15NO3. The van der Waals surface area contributed by atoms with Crippen LogP contribution in [0.4, 0.5) is 0 Å². The molecule has 1 heterocycles. The lowest BCUT2D eigenvalue weighted by atomic mass is 9.87. The predicted molar refractivity (Wildman–Crippen MR) is 46.4 cm³/mol. The van der Waals surface area contributed by atoms with Crippen LogP contribution in [-0.4, -0.2) is 28.6 Å². The summed E-state index contributed by atoms with van der Waals surface area (Å²) in [5.74, 6) is -0.913. The number of likely N-dealkylation sites (tertiary alicyclic amines) is 1. The molecule has 0 aromatic carbocycles. The van der Waals surface area contributed by atoms with Crippen molar-refractivity contribution in [2.75, 3.05) is 6.73 Å². The third-order valence-electron chi connectivity index (χ3n) is 2.61. The van der Waals surface area contributed by atoms with E-state index >= 15 is 0 Å². The monoisotopic (exact) mass is 185 g/mol. The van der Waals surface area contributed by atoms with Crippen LogP contribution in [0.15, 0.2) is 0 Å². The second kappa shape index (κ2) is 3.46. The lowest BCUT2D eigenvalue weighted by Gasteiger charge is -2.14. The fraction of sp³-hybridized carbons (Fsp3) is 0.778. The Morgan fingerprint density at radius 3 is 2.15 bits per heavy atom. The first-order chi connectivity index (χ1) is 6.00. The van der Waals surface area contributed by atoms with Crippen molar-refractivity contribution in [2.45, 2.75) is 20.8 Å². The number of carbonyl (C=O) groups is 2. The zero-order chi connectivity index (χ0) is 10.2. The van der Waals surface area contributed by atoms with Gasteiger partial charge in [0.05, 0.1) is 5.92 Å². The van der Waals surface area contributed by atoms with E-state index in [1.807, 2.05) is 13.8 Å². The van der Waals surface area contributed by atoms with Crippen LogP contribution < -0.4 is 0 Å². The summed E-state index contributed by atoms with van der Waals surface area (Å²) in [5.41, 5.74) is 0. The molecule has 2 unspecified atom stereocenters. The Labute approximate surface area is 77.5 Å². The van der Waals surface area contributed by atoms with Gasteiger partial charge in [0.1, 0.15) is 6.73 Å². The zero-order valence-electron chi connectivity index (χ0n) is 8.15. The maximum atomic E-state index is 11.5. The van der Waals surface area contributed by atoms with Gasteiger partial charge < -0.3 is 5.11 Å². The first kappa shape index (κ1) is 10.2. The highest BCUT2D eigenvalue weighted by Crippen LogP contribution is 2.31. The van der Waals surface area contributed by atoms with Crippen LogP contribution in [-0.2, 0) is 9.59 Å². The van der Waals surface area contributed by atoms with E-state index in [1.54, 1.807) is 6.92 Å². The quantitative estimate of drug-likeness (QED) is 0.626. The van der Waals surface area contributed by atoms with E-state index in [4.69, 9.17) is 5.11 Å². The van der Waals surface area contributed by atoms with Crippen LogP contribution >= 0.6 is 0 Å². The standard InChI is InChI=1S/C9H15NO3/c1-5(2)7-6(3)8(12)10(4-11)9(7)13/h5-7,11H,4H2,1-3H3. The van der Waals surface area contributed by atoms with Gasteiger partial charge in [-0.1, -0.05) is 20.8 Å². The Hall–Kier alpha value is -0.900. The molecule has 2 atom stereocenters. The molecule has 0 aromatic heterocycles. The number of hydrogen-bond acceptors (Lipinski definition) is 3. The van der Waals surface area contributed by atoms with Crippen molar-refractivity contribution in [2.24, 2.45) is 17.8 Å². The van der Waals surface area contributed by atoms with E-state index in [1.165, 1.54) is 0 Å². The fourth-order valence-corrected chi connectivity index (χ4v) is 1.90. The second-order valence-corrected chi connectivity index (χ2v) is 3.80. The molecule has 1 saturated heterocycles. The Balaban J connectivity index is 2.91. The molecule has 1 N–H and O–H groups in total. The van der Waals surface area contributed by atoms with E-state index < -0.39 is 6.73 Å². The molecule has 4 nitrogen and oxygen atoms in total. The predicted octanol–water partition coefficient (Wildman–Crippen LogP) is 0.213. The summed E-state index contributed by atoms with van der Waals surface area (Å²) in [5, 5.41) is 8.81. The number of rotatable bonds is 2. The molecule has 0 bridgehead atoms. The van der Waals surface area contributed by atoms with Gasteiger partial charge in [-0.2, -0.15) is 0 Å². The average molecular weight is 185 g/mol. The summed E-state index contributed by atoms with van der Waals surface area (Å²) in [4.78, 5) is 23.9. The number of hydrogen-bond donors (Lipinski definition) is 1. The fourth-order valence-electron chi connectivity index (χ4n) is 1.90. The van der Waals surface area contributed by atoms with Crippen LogP contribution in [0.25, 0.3) is 0 Å². The molecule has 0 saturated carbocycles. The number of aliphatic hydroxyl groups excluding tert-OH is 1. The lowest BCUT2D eigenvalue weighted by Crippen LogP contribution is -2.32. The third kappa shape index (κ3) is 1.46. The van der Waals surface area contributed by atoms with Crippen molar-refractivity contribution in [3.8, 4) is 0 Å². The molecular weight excluding hydrogens is 170 g/mol. The Kier molecular flexibility index (Phi) is 2.71. The molecule has 1 aliphatic rings. The van der Waals surface area contributed by atoms with Crippen molar-refractivity contribution in [1.82, 2.24) is 4.90 Å². The van der Waals surface area contributed by atoms with Crippen LogP contribution in [0, 0.1) is 17.8 Å². The van der Waals surface area contributed by atoms with Gasteiger partial charge >= 0.3 is 0 Å². The van der Waals surface area contributed by atoms with Gasteiger partial charge in [-0.3, -0.25) is 14.5 Å². The SMILES string of the molecule is CC(C)C1C(=O)N(CO)C(=O)C1C. The van der Waals surface area contributed by atoms with Crippen LogP contribution in [0.5, 0.6) is 0 Å². The van der Waals surface area contributed by atoms with Gasteiger partial charge in [0.25, 0.3) is 0 Å². The van der Waals surface area contributed by atoms with Gasteiger partial charge in [0.2, 0.25) is 11.8 Å². The molecule has 1 fully saturated rings. The maximum absolute atomic E-state index is 11.5. The summed E-state index contributed by atoms with van der Waals surface area (Å²) >= 11 is 0. The highest BCUT2D eigenvalue weighted by molar-refractivity contribution is 6.04. The highest BCUT2D eigenvalue weighted by Gasteiger charge is 2.45. The highest BCUT2D eigenvalue weighted by atomic mass is 16.3. The smallest absolute Gasteiger partial charge is 0.235 e. The largest absolute Gasteiger partial charge is 0.376 e. The van der Waals surface area contributed by atoms with Gasteiger partial charge in [0.15, 0.2) is 0 Å². The summed E-state index contributed by atoms with van der Waals surface area (Å²) < 4.78 is 0. The first-order valence-electron chi connectivity index (χ1n) is 4.46. The summed E-state index contributed by atoms with van der Waals surface area (Å²) in [6.07, 6.45) is 0. The normalized spacial score (nSPS) is 29.2. The van der Waals surface area contributed by atoms with Gasteiger partial charge in [0, 0.05) is 5.92 Å². The number of aliphatic hydroxyl groups is 1. The minimum absolute atomic E-state index is 0.142. The van der Waals surface area contributed by atoms with Crippen LogP contribution in [0.3, 0.4) is 0 Å². The Morgan fingerprint density at radius 2 is 1.92 bits per heavy atom. The zero-order valence-corrected chi connectivity index (χ0v) is 8.15. The topological polar surface area (TPSA) is 57.6 Å². The number of imide groups is 1. The number of nitrogens with zero attached hydrogens (tertiary/aromatic N) is 1. The van der Waals surface area contributed by atoms with E-state index in [0.717, 1.165) is 4.90 Å². The van der Waals surface area contributed by atoms with Crippen molar-refractivity contribution >= 4 is 11.8 Å². The van der Waals surface area contributed by atoms with Crippen LogP contribution in [0.1, 0.15) is 20.8 Å². The van der Waals surface area contributed by atoms with Gasteiger partial charge in [-0.25, -0.2) is 0 Å². The molecule has 0 aliphatic carbocycles. The molecule has 2 amide bonds. The number of carbonyl (C=O) groups excluding carboxylic acids is 2. The average Bonchev–Trinajstić information content (AvgIpc) is 2.24. The molecule has 4 heteroatoms. The van der Waals surface area contributed by atoms with E-state index in [2.05, 4.69) is 0 Å². The molecule has 0 aromatic rings. The Bertz CT molecular complexity index is 237. The van der Waals surface area contributed by atoms with Crippen LogP contribution in [0.2, 0.25) is 0 Å². The molecule has 1 rings (SSSR count). The first-order valence-corrected chi connectivity index (χ1v) is 4.46. The van der Waals surface area contributed by atoms with Crippen molar-refractivity contribution in [1.29, 1.82) is 0 Å². The van der Waals surface area contributed by atoms with Crippen molar-refractivity contribution in [3.05, 3.63) is 0 Å². The minimum atomic E-state index is -0.495. The molecule has 0 radical (unpaired) electrons. The molecule has 74 valence electrons. The molecule has 13 heavy (non-hydrogen) atoms. The van der Waals surface area contributed by atoms with E-state index in [-0.39, 0.29) is 29.6 Å². The molecule has 0 spiro atoms. The molecule has 1 aliphatic heterocycles. The minimum Gasteiger partial charge on any atom is -0.376 e.